The van der Waals surface area contributed by atoms with E-state index < -0.39 is 47.7 Å². The Morgan fingerprint density at radius 2 is 1.70 bits per heavy atom. The lowest BCUT2D eigenvalue weighted by atomic mass is 9.41. The van der Waals surface area contributed by atoms with Gasteiger partial charge in [0.25, 0.3) is 0 Å². The number of carbonyl (C=O) groups is 4. The minimum Gasteiger partial charge on any atom is -0.457 e. The molecule has 0 aromatic carbocycles. The summed E-state index contributed by atoms with van der Waals surface area (Å²) in [6.45, 7) is 15.5. The standard InChI is InChI=1S/C37H56O10/c1-20-15-23(31(33(5,6)43)45-21(2)40)46-29-28(20)34(7)13-14-37-19-36(37)12-11-26(47-27(17-39)44-18-22(41)16-38)32(3,4)24(36)9-10-25(37)35(34,8)30(29)42/h16-17,20,22-29,31,41,43H,9-15,18-19H2,1-8H3/t20-,22+,23-,24+,25+,26+,27+,28?,29+,31+,34-,35-,36-,37+/m1/s1. The Balaban J connectivity index is 1.25. The van der Waals surface area contributed by atoms with Gasteiger partial charge in [-0.3, -0.25) is 14.4 Å². The fraction of sp³-hybridized carbons (Fsp3) is 0.892. The third-order valence-corrected chi connectivity index (χ3v) is 14.8. The van der Waals surface area contributed by atoms with Crippen molar-refractivity contribution in [3.05, 3.63) is 0 Å². The zero-order valence-corrected chi connectivity index (χ0v) is 29.5. The first-order valence-electron chi connectivity index (χ1n) is 17.8. The Bertz CT molecular complexity index is 1290. The van der Waals surface area contributed by atoms with Crippen LogP contribution in [0.2, 0.25) is 0 Å². The van der Waals surface area contributed by atoms with E-state index >= 15 is 0 Å². The molecule has 5 aliphatic carbocycles. The maximum absolute atomic E-state index is 14.9. The maximum atomic E-state index is 14.9. The normalized spacial score (nSPS) is 46.8. The quantitative estimate of drug-likeness (QED) is 0.199. The molecule has 1 heterocycles. The first kappa shape index (κ1) is 35.1. The van der Waals surface area contributed by atoms with Gasteiger partial charge in [-0.05, 0) is 105 Å². The molecule has 10 heteroatoms. The van der Waals surface area contributed by atoms with Crippen LogP contribution in [-0.4, -0.2) is 83.6 Å². The molecule has 264 valence electrons. The summed E-state index contributed by atoms with van der Waals surface area (Å²) in [7, 11) is 0. The lowest BCUT2D eigenvalue weighted by Crippen LogP contribution is -2.59. The first-order chi connectivity index (χ1) is 21.8. The summed E-state index contributed by atoms with van der Waals surface area (Å²) in [5.41, 5.74) is -2.17. The number of hydrogen-bond acceptors (Lipinski definition) is 10. The molecule has 10 nitrogen and oxygen atoms in total. The molecule has 1 aliphatic heterocycles. The predicted octanol–water partition coefficient (Wildman–Crippen LogP) is 4.20. The van der Waals surface area contributed by atoms with E-state index in [-0.39, 0.29) is 57.9 Å². The van der Waals surface area contributed by atoms with E-state index in [1.165, 1.54) is 6.92 Å². The zero-order valence-electron chi connectivity index (χ0n) is 29.5. The van der Waals surface area contributed by atoms with Crippen LogP contribution in [0.15, 0.2) is 0 Å². The molecule has 5 saturated carbocycles. The topological polar surface area (TPSA) is 146 Å². The van der Waals surface area contributed by atoms with Crippen molar-refractivity contribution in [3.8, 4) is 0 Å². The van der Waals surface area contributed by atoms with Crippen molar-refractivity contribution in [1.29, 1.82) is 0 Å². The SMILES string of the molecule is CC(=O)O[C@@H]([C@H]1C[C@@H](C)C2[C@H](O1)C(=O)[C@@]1(C)[C@@H]3CC[C@H]4C(C)(C)[C@@H](O[C@@H](C=O)OC[C@@H](O)C=O)CC[C@@]45C[C@@]35CC[C@]21C)C(C)(C)O. The van der Waals surface area contributed by atoms with E-state index in [0.717, 1.165) is 44.9 Å². The molecule has 6 rings (SSSR count). The molecule has 0 bridgehead atoms. The molecule has 6 aliphatic rings. The molecule has 0 aromatic heterocycles. The van der Waals surface area contributed by atoms with Gasteiger partial charge in [-0.2, -0.15) is 0 Å². The smallest absolute Gasteiger partial charge is 0.303 e. The van der Waals surface area contributed by atoms with Crippen molar-refractivity contribution in [1.82, 2.24) is 0 Å². The van der Waals surface area contributed by atoms with Gasteiger partial charge in [-0.1, -0.05) is 34.6 Å². The van der Waals surface area contributed by atoms with Crippen LogP contribution in [-0.2, 0) is 38.1 Å². The summed E-state index contributed by atoms with van der Waals surface area (Å²) < 4.78 is 24.0. The highest BCUT2D eigenvalue weighted by Crippen LogP contribution is 2.89. The lowest BCUT2D eigenvalue weighted by Gasteiger charge is -2.62. The molecule has 1 saturated heterocycles. The predicted molar refractivity (Wildman–Crippen MR) is 170 cm³/mol. The highest BCUT2D eigenvalue weighted by Gasteiger charge is 2.85. The second kappa shape index (κ2) is 11.4. The number of fused-ring (bicyclic) bond motifs is 4. The van der Waals surface area contributed by atoms with Crippen LogP contribution in [0.4, 0.5) is 0 Å². The summed E-state index contributed by atoms with van der Waals surface area (Å²) in [6.07, 6.45) is 3.65. The highest BCUT2D eigenvalue weighted by atomic mass is 16.7. The third kappa shape index (κ3) is 4.89. The van der Waals surface area contributed by atoms with Crippen LogP contribution in [0.5, 0.6) is 0 Å². The number of aliphatic hydroxyl groups excluding tert-OH is 1. The van der Waals surface area contributed by atoms with E-state index in [9.17, 15) is 29.4 Å². The molecule has 47 heavy (non-hydrogen) atoms. The second-order valence-electron chi connectivity index (χ2n) is 17.7. The molecule has 0 aromatic rings. The van der Waals surface area contributed by atoms with Gasteiger partial charge in [0.05, 0.1) is 24.4 Å². The largest absolute Gasteiger partial charge is 0.457 e. The van der Waals surface area contributed by atoms with Crippen molar-refractivity contribution in [2.75, 3.05) is 6.61 Å². The minimum absolute atomic E-state index is 0.0550. The maximum Gasteiger partial charge on any atom is 0.303 e. The molecule has 0 amide bonds. The fourth-order valence-electron chi connectivity index (χ4n) is 12.8. The Morgan fingerprint density at radius 1 is 1.04 bits per heavy atom. The van der Waals surface area contributed by atoms with E-state index in [1.54, 1.807) is 13.8 Å². The highest BCUT2D eigenvalue weighted by molar-refractivity contribution is 5.93. The molecular weight excluding hydrogens is 604 g/mol. The molecular formula is C37H56O10. The van der Waals surface area contributed by atoms with Crippen LogP contribution in [0.1, 0.15) is 107 Å². The molecule has 2 spiro atoms. The number of ketones is 1. The Morgan fingerprint density at radius 3 is 2.32 bits per heavy atom. The van der Waals surface area contributed by atoms with Crippen molar-refractivity contribution >= 4 is 24.3 Å². The molecule has 1 unspecified atom stereocenters. The number of ether oxygens (including phenoxy) is 4. The zero-order chi connectivity index (χ0) is 34.5. The minimum atomic E-state index is -1.32. The van der Waals surface area contributed by atoms with Gasteiger partial charge in [0.15, 0.2) is 24.5 Å². The third-order valence-electron chi connectivity index (χ3n) is 14.8. The van der Waals surface area contributed by atoms with Crippen molar-refractivity contribution in [2.24, 2.45) is 50.7 Å². The van der Waals surface area contributed by atoms with E-state index in [4.69, 9.17) is 18.9 Å². The van der Waals surface area contributed by atoms with Crippen LogP contribution in [0, 0.1) is 50.7 Å². The first-order valence-corrected chi connectivity index (χ1v) is 17.8. The Kier molecular flexibility index (Phi) is 8.52. The number of rotatable bonds is 10. The van der Waals surface area contributed by atoms with E-state index in [2.05, 4.69) is 34.6 Å². The Labute approximate surface area is 279 Å². The van der Waals surface area contributed by atoms with Crippen LogP contribution < -0.4 is 0 Å². The van der Waals surface area contributed by atoms with E-state index in [1.807, 2.05) is 0 Å². The molecule has 6 fully saturated rings. The summed E-state index contributed by atoms with van der Waals surface area (Å²) in [6, 6.07) is 0. The van der Waals surface area contributed by atoms with E-state index in [0.29, 0.717) is 24.9 Å². The van der Waals surface area contributed by atoms with Gasteiger partial charge in [-0.15, -0.1) is 0 Å². The number of esters is 1. The van der Waals surface area contributed by atoms with Crippen LogP contribution >= 0.6 is 0 Å². The lowest BCUT2D eigenvalue weighted by molar-refractivity contribution is -0.225. The number of aldehydes is 2. The summed E-state index contributed by atoms with van der Waals surface area (Å²) >= 11 is 0. The average molecular weight is 661 g/mol. The molecule has 0 radical (unpaired) electrons. The fourth-order valence-corrected chi connectivity index (χ4v) is 12.8. The van der Waals surface area contributed by atoms with Gasteiger partial charge >= 0.3 is 5.97 Å². The van der Waals surface area contributed by atoms with Crippen molar-refractivity contribution in [2.45, 2.75) is 149 Å². The van der Waals surface area contributed by atoms with Gasteiger partial charge in [0.2, 0.25) is 6.29 Å². The van der Waals surface area contributed by atoms with Crippen LogP contribution in [0.25, 0.3) is 0 Å². The number of hydrogen-bond donors (Lipinski definition) is 2. The summed E-state index contributed by atoms with van der Waals surface area (Å²) in [4.78, 5) is 49.6. The number of carbonyl (C=O) groups excluding carboxylic acids is 4. The van der Waals surface area contributed by atoms with Gasteiger partial charge < -0.3 is 34.0 Å². The average Bonchev–Trinajstić information content (AvgIpc) is 3.62. The van der Waals surface area contributed by atoms with Gasteiger partial charge in [0, 0.05) is 18.3 Å². The summed E-state index contributed by atoms with van der Waals surface area (Å²) in [5.74, 6) is 0.510. The second-order valence-corrected chi connectivity index (χ2v) is 17.7. The summed E-state index contributed by atoms with van der Waals surface area (Å²) in [5, 5.41) is 20.6. The van der Waals surface area contributed by atoms with Crippen LogP contribution in [0.3, 0.4) is 0 Å². The Hall–Kier alpha value is -1.72. The number of Topliss-reactive ketones (excluding diaryl/α,β-unsaturated/α-hetero) is 1. The molecule has 2 N–H and O–H groups in total. The van der Waals surface area contributed by atoms with Gasteiger partial charge in [0.1, 0.15) is 12.2 Å². The van der Waals surface area contributed by atoms with Crippen molar-refractivity contribution < 1.29 is 48.3 Å². The van der Waals surface area contributed by atoms with Crippen molar-refractivity contribution in [3.63, 3.8) is 0 Å². The monoisotopic (exact) mass is 660 g/mol. The van der Waals surface area contributed by atoms with Gasteiger partial charge in [-0.25, -0.2) is 0 Å². The molecule has 14 atom stereocenters. The number of aliphatic hydroxyl groups is 2.